The number of halogens is 5. The van der Waals surface area contributed by atoms with Crippen molar-refractivity contribution < 1.29 is 17.6 Å². The molecule has 0 aliphatic rings. The fourth-order valence-corrected chi connectivity index (χ4v) is 3.15. The van der Waals surface area contributed by atoms with E-state index in [-0.39, 0.29) is 5.56 Å². The van der Waals surface area contributed by atoms with E-state index in [4.69, 9.17) is 11.6 Å². The van der Waals surface area contributed by atoms with Gasteiger partial charge in [-0.15, -0.1) is 11.3 Å². The molecule has 1 N–H and O–H groups in total. The Kier molecular flexibility index (Phi) is 4.91. The highest BCUT2D eigenvalue weighted by atomic mass is 35.5. The molecule has 2 aromatic rings. The number of hydrogen-bond acceptors (Lipinski definition) is 2. The third-order valence-corrected chi connectivity index (χ3v) is 4.33. The highest BCUT2D eigenvalue weighted by Crippen LogP contribution is 2.33. The molecule has 0 fully saturated rings. The van der Waals surface area contributed by atoms with Crippen molar-refractivity contribution in [2.45, 2.75) is 18.6 Å². The minimum atomic E-state index is -4.49. The van der Waals surface area contributed by atoms with E-state index in [0.29, 0.717) is 10.8 Å². The summed E-state index contributed by atoms with van der Waals surface area (Å²) in [7, 11) is 1.58. The summed E-state index contributed by atoms with van der Waals surface area (Å²) in [5, 5.41) is 2.85. The van der Waals surface area contributed by atoms with Crippen molar-refractivity contribution in [1.82, 2.24) is 5.32 Å². The molecule has 0 spiro atoms. The van der Waals surface area contributed by atoms with E-state index in [1.807, 2.05) is 0 Å². The molecule has 2 rings (SSSR count). The van der Waals surface area contributed by atoms with Gasteiger partial charge in [0.25, 0.3) is 0 Å². The Morgan fingerprint density at radius 2 is 1.95 bits per heavy atom. The number of hydrogen-bond donors (Lipinski definition) is 1. The average molecular weight is 338 g/mol. The standard InChI is InChI=1S/C14H12ClF4NS/c1-20-12(7-9-3-5-13(15)21-9)10-6-8(14(17,18)19)2-4-11(10)16/h2-6,12,20H,7H2,1H3. The van der Waals surface area contributed by atoms with Crippen molar-refractivity contribution in [3.63, 3.8) is 0 Å². The second-order valence-electron chi connectivity index (χ2n) is 4.49. The first-order chi connectivity index (χ1) is 9.81. The summed E-state index contributed by atoms with van der Waals surface area (Å²) in [6.07, 6.45) is -4.13. The summed E-state index contributed by atoms with van der Waals surface area (Å²) in [5.41, 5.74) is -0.861. The van der Waals surface area contributed by atoms with E-state index < -0.39 is 23.6 Å². The normalized spacial score (nSPS) is 13.4. The quantitative estimate of drug-likeness (QED) is 0.769. The zero-order valence-corrected chi connectivity index (χ0v) is 12.5. The molecule has 0 amide bonds. The van der Waals surface area contributed by atoms with Crippen LogP contribution in [0.15, 0.2) is 30.3 Å². The molecular weight excluding hydrogens is 326 g/mol. The number of thiophene rings is 1. The number of benzene rings is 1. The van der Waals surface area contributed by atoms with Crippen molar-refractivity contribution >= 4 is 22.9 Å². The maximum Gasteiger partial charge on any atom is 0.416 e. The van der Waals surface area contributed by atoms with Crippen LogP contribution in [-0.4, -0.2) is 7.05 Å². The molecule has 0 saturated carbocycles. The van der Waals surface area contributed by atoms with E-state index in [1.54, 1.807) is 19.2 Å². The molecule has 1 aromatic heterocycles. The maximum atomic E-state index is 13.9. The van der Waals surface area contributed by atoms with Crippen LogP contribution in [0.5, 0.6) is 0 Å². The Bertz CT molecular complexity index is 624. The summed E-state index contributed by atoms with van der Waals surface area (Å²) in [6, 6.07) is 5.38. The second kappa shape index (κ2) is 6.34. The van der Waals surface area contributed by atoms with E-state index in [1.165, 1.54) is 11.3 Å². The first-order valence-corrected chi connectivity index (χ1v) is 7.29. The third kappa shape index (κ3) is 3.96. The Morgan fingerprint density at radius 3 is 2.48 bits per heavy atom. The van der Waals surface area contributed by atoms with Gasteiger partial charge in [0.2, 0.25) is 0 Å². The summed E-state index contributed by atoms with van der Waals surface area (Å²) in [6.45, 7) is 0. The van der Waals surface area contributed by atoms with Crippen molar-refractivity contribution in [2.24, 2.45) is 0 Å². The zero-order chi connectivity index (χ0) is 15.6. The maximum absolute atomic E-state index is 13.9. The lowest BCUT2D eigenvalue weighted by atomic mass is 10.00. The molecule has 1 aromatic carbocycles. The zero-order valence-electron chi connectivity index (χ0n) is 11.0. The number of alkyl halides is 3. The van der Waals surface area contributed by atoms with Gasteiger partial charge in [-0.25, -0.2) is 4.39 Å². The lowest BCUT2D eigenvalue weighted by molar-refractivity contribution is -0.137. The Morgan fingerprint density at radius 1 is 1.24 bits per heavy atom. The van der Waals surface area contributed by atoms with Gasteiger partial charge in [-0.1, -0.05) is 11.6 Å². The Hall–Kier alpha value is -1.11. The van der Waals surface area contributed by atoms with Gasteiger partial charge in [0.05, 0.1) is 9.90 Å². The number of rotatable bonds is 4. The van der Waals surface area contributed by atoms with Gasteiger partial charge in [-0.2, -0.15) is 13.2 Å². The van der Waals surface area contributed by atoms with Gasteiger partial charge in [0, 0.05) is 22.9 Å². The van der Waals surface area contributed by atoms with Crippen LogP contribution in [0.25, 0.3) is 0 Å². The highest BCUT2D eigenvalue weighted by Gasteiger charge is 2.32. The van der Waals surface area contributed by atoms with E-state index >= 15 is 0 Å². The molecule has 1 atom stereocenters. The monoisotopic (exact) mass is 337 g/mol. The van der Waals surface area contributed by atoms with E-state index in [0.717, 1.165) is 23.1 Å². The fraction of sp³-hybridized carbons (Fsp3) is 0.286. The molecule has 0 radical (unpaired) electrons. The molecule has 21 heavy (non-hydrogen) atoms. The lowest BCUT2D eigenvalue weighted by Gasteiger charge is -2.18. The molecule has 1 heterocycles. The minimum absolute atomic E-state index is 0.00292. The van der Waals surface area contributed by atoms with Gasteiger partial charge in [0.15, 0.2) is 0 Å². The van der Waals surface area contributed by atoms with Crippen molar-refractivity contribution in [2.75, 3.05) is 7.05 Å². The topological polar surface area (TPSA) is 12.0 Å². The van der Waals surface area contributed by atoms with Crippen LogP contribution < -0.4 is 5.32 Å². The van der Waals surface area contributed by atoms with Gasteiger partial charge >= 0.3 is 6.18 Å². The predicted octanol–water partition coefficient (Wildman–Crippen LogP) is 5.06. The molecule has 7 heteroatoms. The van der Waals surface area contributed by atoms with Crippen LogP contribution in [0.4, 0.5) is 17.6 Å². The largest absolute Gasteiger partial charge is 0.416 e. The van der Waals surface area contributed by atoms with E-state index in [2.05, 4.69) is 5.32 Å². The fourth-order valence-electron chi connectivity index (χ4n) is 2.02. The van der Waals surface area contributed by atoms with Crippen LogP contribution in [0.3, 0.4) is 0 Å². The average Bonchev–Trinajstić information content (AvgIpc) is 2.81. The molecule has 114 valence electrons. The molecular formula is C14H12ClF4NS. The minimum Gasteiger partial charge on any atom is -0.313 e. The third-order valence-electron chi connectivity index (χ3n) is 3.08. The summed E-state index contributed by atoms with van der Waals surface area (Å²) < 4.78 is 52.7. The predicted molar refractivity (Wildman–Crippen MR) is 76.2 cm³/mol. The summed E-state index contributed by atoms with van der Waals surface area (Å²) in [5.74, 6) is -0.662. The second-order valence-corrected chi connectivity index (χ2v) is 6.28. The van der Waals surface area contributed by atoms with Gasteiger partial charge < -0.3 is 5.32 Å². The molecule has 0 saturated heterocycles. The Balaban J connectivity index is 2.33. The smallest absolute Gasteiger partial charge is 0.313 e. The van der Waals surface area contributed by atoms with Crippen LogP contribution in [0.2, 0.25) is 4.34 Å². The summed E-state index contributed by atoms with van der Waals surface area (Å²) >= 11 is 7.15. The molecule has 0 aliphatic carbocycles. The molecule has 1 unspecified atom stereocenters. The number of nitrogens with one attached hydrogen (secondary N) is 1. The van der Waals surface area contributed by atoms with Gasteiger partial charge in [-0.3, -0.25) is 0 Å². The van der Waals surface area contributed by atoms with Crippen LogP contribution in [0, 0.1) is 5.82 Å². The number of likely N-dealkylation sites (N-methyl/N-ethyl adjacent to an activating group) is 1. The van der Waals surface area contributed by atoms with Crippen LogP contribution >= 0.6 is 22.9 Å². The van der Waals surface area contributed by atoms with Crippen molar-refractivity contribution in [3.8, 4) is 0 Å². The highest BCUT2D eigenvalue weighted by molar-refractivity contribution is 7.16. The van der Waals surface area contributed by atoms with Gasteiger partial charge in [0.1, 0.15) is 5.82 Å². The van der Waals surface area contributed by atoms with Crippen molar-refractivity contribution in [1.29, 1.82) is 0 Å². The lowest BCUT2D eigenvalue weighted by Crippen LogP contribution is -2.20. The van der Waals surface area contributed by atoms with Crippen LogP contribution in [-0.2, 0) is 12.6 Å². The molecule has 0 bridgehead atoms. The van der Waals surface area contributed by atoms with Crippen molar-refractivity contribution in [3.05, 3.63) is 56.5 Å². The first kappa shape index (κ1) is 16.3. The molecule has 0 aliphatic heterocycles. The first-order valence-electron chi connectivity index (χ1n) is 6.09. The molecule has 1 nitrogen and oxygen atoms in total. The van der Waals surface area contributed by atoms with Crippen LogP contribution in [0.1, 0.15) is 22.0 Å². The Labute approximate surface area is 128 Å². The van der Waals surface area contributed by atoms with Gasteiger partial charge in [-0.05, 0) is 37.4 Å². The summed E-state index contributed by atoms with van der Waals surface area (Å²) in [4.78, 5) is 0.871. The van der Waals surface area contributed by atoms with E-state index in [9.17, 15) is 17.6 Å². The SMILES string of the molecule is CNC(Cc1ccc(Cl)s1)c1cc(C(F)(F)F)ccc1F.